The first-order valence-corrected chi connectivity index (χ1v) is 6.94. The first kappa shape index (κ1) is 14.1. The number of aromatic nitrogens is 3. The van der Waals surface area contributed by atoms with Gasteiger partial charge in [0.1, 0.15) is 11.3 Å². The molecule has 4 nitrogen and oxygen atoms in total. The van der Waals surface area contributed by atoms with Crippen molar-refractivity contribution in [2.24, 2.45) is 5.41 Å². The van der Waals surface area contributed by atoms with Crippen LogP contribution in [0.1, 0.15) is 26.6 Å². The molecule has 0 unspecified atom stereocenters. The van der Waals surface area contributed by atoms with E-state index in [2.05, 4.69) is 35.3 Å². The van der Waals surface area contributed by atoms with E-state index in [1.807, 2.05) is 12.1 Å². The Balaban J connectivity index is 2.56. The van der Waals surface area contributed by atoms with Crippen LogP contribution in [0.15, 0.2) is 12.1 Å². The number of nitrogens with zero attached hydrogens (tertiary/aromatic N) is 3. The summed E-state index contributed by atoms with van der Waals surface area (Å²) < 4.78 is 7.35. The molecule has 0 aromatic carbocycles. The van der Waals surface area contributed by atoms with Crippen molar-refractivity contribution in [1.82, 2.24) is 14.5 Å². The van der Waals surface area contributed by atoms with Gasteiger partial charge < -0.3 is 9.30 Å². The predicted molar refractivity (Wildman–Crippen MR) is 78.0 cm³/mol. The summed E-state index contributed by atoms with van der Waals surface area (Å²) >= 11 is 5.87. The fourth-order valence-corrected chi connectivity index (χ4v) is 2.23. The number of hydrogen-bond acceptors (Lipinski definition) is 3. The van der Waals surface area contributed by atoms with Gasteiger partial charge in [-0.25, -0.2) is 4.98 Å². The maximum absolute atomic E-state index is 5.87. The lowest BCUT2D eigenvalue weighted by molar-refractivity contribution is 0.341. The minimum atomic E-state index is 0.152. The van der Waals surface area contributed by atoms with Crippen LogP contribution in [0.4, 0.5) is 0 Å². The van der Waals surface area contributed by atoms with Crippen LogP contribution >= 0.6 is 11.6 Å². The molecule has 0 spiro atoms. The molecule has 0 aliphatic heterocycles. The minimum absolute atomic E-state index is 0.152. The number of alkyl halides is 1. The van der Waals surface area contributed by atoms with E-state index < -0.39 is 0 Å². The Bertz CT molecular complexity index is 572. The zero-order chi connectivity index (χ0) is 14.0. The van der Waals surface area contributed by atoms with E-state index in [-0.39, 0.29) is 5.41 Å². The molecule has 0 aliphatic rings. The zero-order valence-corrected chi connectivity index (χ0v) is 12.7. The lowest BCUT2D eigenvalue weighted by atomic mass is 9.97. The summed E-state index contributed by atoms with van der Waals surface area (Å²) in [6.07, 6.45) is 0.746. The molecule has 104 valence electrons. The highest BCUT2D eigenvalue weighted by molar-refractivity contribution is 6.17. The molecule has 0 atom stereocenters. The summed E-state index contributed by atoms with van der Waals surface area (Å²) in [7, 11) is 1.62. The fourth-order valence-electron chi connectivity index (χ4n) is 2.06. The summed E-state index contributed by atoms with van der Waals surface area (Å²) in [5.74, 6) is 2.16. The average Bonchev–Trinajstić information content (AvgIpc) is 2.65. The first-order chi connectivity index (χ1) is 8.94. The maximum atomic E-state index is 5.87. The molecule has 0 N–H and O–H groups in total. The van der Waals surface area contributed by atoms with Crippen molar-refractivity contribution in [3.63, 3.8) is 0 Å². The summed E-state index contributed by atoms with van der Waals surface area (Å²) in [6, 6.07) is 3.78. The van der Waals surface area contributed by atoms with E-state index in [0.29, 0.717) is 11.8 Å². The highest BCUT2D eigenvalue weighted by atomic mass is 35.5. The molecule has 19 heavy (non-hydrogen) atoms. The van der Waals surface area contributed by atoms with Crippen molar-refractivity contribution >= 4 is 22.8 Å². The molecule has 0 fully saturated rings. The van der Waals surface area contributed by atoms with Gasteiger partial charge in [-0.3, -0.25) is 0 Å². The van der Waals surface area contributed by atoms with E-state index in [1.165, 1.54) is 0 Å². The SMILES string of the molecule is COc1ccc2nc(CCCl)n(CC(C)(C)C)c2n1. The van der Waals surface area contributed by atoms with E-state index in [1.54, 1.807) is 7.11 Å². The molecule has 5 heteroatoms. The van der Waals surface area contributed by atoms with Gasteiger partial charge in [-0.1, -0.05) is 20.8 Å². The van der Waals surface area contributed by atoms with Crippen LogP contribution in [-0.4, -0.2) is 27.5 Å². The van der Waals surface area contributed by atoms with Crippen LogP contribution in [0, 0.1) is 5.41 Å². The maximum Gasteiger partial charge on any atom is 0.215 e. The van der Waals surface area contributed by atoms with Gasteiger partial charge in [-0.05, 0) is 11.5 Å². The molecule has 0 saturated heterocycles. The first-order valence-electron chi connectivity index (χ1n) is 6.41. The normalized spacial score (nSPS) is 12.1. The van der Waals surface area contributed by atoms with Crippen LogP contribution in [0.5, 0.6) is 5.88 Å². The van der Waals surface area contributed by atoms with E-state index in [4.69, 9.17) is 16.3 Å². The smallest absolute Gasteiger partial charge is 0.215 e. The van der Waals surface area contributed by atoms with Crippen LogP contribution < -0.4 is 4.74 Å². The van der Waals surface area contributed by atoms with Gasteiger partial charge in [0.2, 0.25) is 5.88 Å². The Morgan fingerprint density at radius 1 is 1.26 bits per heavy atom. The third-order valence-corrected chi connectivity index (χ3v) is 2.99. The van der Waals surface area contributed by atoms with E-state index in [0.717, 1.165) is 30.0 Å². The number of halogens is 1. The second-order valence-electron chi connectivity index (χ2n) is 5.81. The number of ether oxygens (including phenoxy) is 1. The highest BCUT2D eigenvalue weighted by Gasteiger charge is 2.18. The van der Waals surface area contributed by atoms with Crippen LogP contribution in [0.25, 0.3) is 11.2 Å². The van der Waals surface area contributed by atoms with Gasteiger partial charge in [-0.2, -0.15) is 4.98 Å². The lowest BCUT2D eigenvalue weighted by Crippen LogP contribution is -2.18. The third-order valence-electron chi connectivity index (χ3n) is 2.81. The Labute approximate surface area is 118 Å². The zero-order valence-electron chi connectivity index (χ0n) is 11.9. The lowest BCUT2D eigenvalue weighted by Gasteiger charge is -2.20. The van der Waals surface area contributed by atoms with Crippen molar-refractivity contribution in [2.75, 3.05) is 13.0 Å². The number of aryl methyl sites for hydroxylation is 1. The van der Waals surface area contributed by atoms with Crippen molar-refractivity contribution in [1.29, 1.82) is 0 Å². The number of pyridine rings is 1. The summed E-state index contributed by atoms with van der Waals surface area (Å²) in [6.45, 7) is 7.45. The Morgan fingerprint density at radius 2 is 2.00 bits per heavy atom. The van der Waals surface area contributed by atoms with Gasteiger partial charge >= 0.3 is 0 Å². The molecular weight excluding hydrogens is 262 g/mol. The van der Waals surface area contributed by atoms with Gasteiger partial charge in [0.05, 0.1) is 7.11 Å². The van der Waals surface area contributed by atoms with Gasteiger partial charge in [0.15, 0.2) is 5.65 Å². The molecular formula is C14H20ClN3O. The van der Waals surface area contributed by atoms with Gasteiger partial charge in [-0.15, -0.1) is 11.6 Å². The number of rotatable bonds is 4. The molecule has 2 aromatic rings. The van der Waals surface area contributed by atoms with Crippen molar-refractivity contribution < 1.29 is 4.74 Å². The summed E-state index contributed by atoms with van der Waals surface area (Å²) in [4.78, 5) is 9.14. The Morgan fingerprint density at radius 3 is 2.58 bits per heavy atom. The molecule has 0 bridgehead atoms. The average molecular weight is 282 g/mol. The van der Waals surface area contributed by atoms with Crippen molar-refractivity contribution in [3.8, 4) is 5.88 Å². The molecule has 2 aromatic heterocycles. The molecule has 2 rings (SSSR count). The van der Waals surface area contributed by atoms with Gasteiger partial charge in [0, 0.05) is 24.9 Å². The Kier molecular flexibility index (Phi) is 3.99. The van der Waals surface area contributed by atoms with Crippen LogP contribution in [0.2, 0.25) is 0 Å². The molecule has 0 aliphatic carbocycles. The molecule has 0 amide bonds. The largest absolute Gasteiger partial charge is 0.481 e. The molecule has 2 heterocycles. The fraction of sp³-hybridized carbons (Fsp3) is 0.571. The number of fused-ring (bicyclic) bond motifs is 1. The van der Waals surface area contributed by atoms with E-state index in [9.17, 15) is 0 Å². The third kappa shape index (κ3) is 3.18. The quantitative estimate of drug-likeness (QED) is 0.808. The number of methoxy groups -OCH3 is 1. The monoisotopic (exact) mass is 281 g/mol. The Hall–Kier alpha value is -1.29. The minimum Gasteiger partial charge on any atom is -0.481 e. The van der Waals surface area contributed by atoms with Crippen LogP contribution in [-0.2, 0) is 13.0 Å². The van der Waals surface area contributed by atoms with Gasteiger partial charge in [0.25, 0.3) is 0 Å². The second-order valence-corrected chi connectivity index (χ2v) is 6.19. The highest BCUT2D eigenvalue weighted by Crippen LogP contribution is 2.24. The van der Waals surface area contributed by atoms with Crippen molar-refractivity contribution in [2.45, 2.75) is 33.7 Å². The number of hydrogen-bond donors (Lipinski definition) is 0. The predicted octanol–water partition coefficient (Wildman–Crippen LogP) is 3.27. The standard InChI is InChI=1S/C14H20ClN3O/c1-14(2,3)9-18-11(7-8-15)16-10-5-6-12(19-4)17-13(10)18/h5-6H,7-9H2,1-4H3. The molecule has 0 radical (unpaired) electrons. The topological polar surface area (TPSA) is 39.9 Å². The summed E-state index contributed by atoms with van der Waals surface area (Å²) in [5, 5.41) is 0. The number of imidazole rings is 1. The summed E-state index contributed by atoms with van der Waals surface area (Å²) in [5.41, 5.74) is 1.92. The van der Waals surface area contributed by atoms with Crippen molar-refractivity contribution in [3.05, 3.63) is 18.0 Å². The van der Waals surface area contributed by atoms with Crippen LogP contribution in [0.3, 0.4) is 0 Å². The van der Waals surface area contributed by atoms with E-state index >= 15 is 0 Å². The second kappa shape index (κ2) is 5.37. The molecule has 0 saturated carbocycles.